The monoisotopic (exact) mass is 388 g/mol. The second-order valence-electron chi connectivity index (χ2n) is 5.96. The summed E-state index contributed by atoms with van der Waals surface area (Å²) in [4.78, 5) is 16.2. The summed E-state index contributed by atoms with van der Waals surface area (Å²) >= 11 is 1.24. The van der Waals surface area contributed by atoms with E-state index in [1.54, 1.807) is 5.38 Å². The molecule has 0 aliphatic carbocycles. The third kappa shape index (κ3) is 6.52. The molecule has 0 aliphatic rings. The number of carbonyl (C=O) groups is 1. The SMILES string of the molecule is CC(C)CC(N)c1csc(NC(=O)Nc2ccc(OC(F)(F)F)cc2)n1. The minimum Gasteiger partial charge on any atom is -0.406 e. The van der Waals surface area contributed by atoms with Gasteiger partial charge in [0.25, 0.3) is 0 Å². The fourth-order valence-corrected chi connectivity index (χ4v) is 2.91. The summed E-state index contributed by atoms with van der Waals surface area (Å²) in [6.45, 7) is 4.12. The van der Waals surface area contributed by atoms with Gasteiger partial charge in [0.15, 0.2) is 5.13 Å². The van der Waals surface area contributed by atoms with Crippen molar-refractivity contribution < 1.29 is 22.7 Å². The van der Waals surface area contributed by atoms with Crippen LogP contribution in [0.2, 0.25) is 0 Å². The molecule has 0 bridgehead atoms. The molecule has 1 atom stereocenters. The topological polar surface area (TPSA) is 89.3 Å². The predicted molar refractivity (Wildman–Crippen MR) is 94.3 cm³/mol. The first kappa shape index (κ1) is 20.0. The van der Waals surface area contributed by atoms with Gasteiger partial charge in [-0.2, -0.15) is 0 Å². The fourth-order valence-electron chi connectivity index (χ4n) is 2.14. The molecule has 1 heterocycles. The van der Waals surface area contributed by atoms with Crippen LogP contribution in [0.25, 0.3) is 0 Å². The maximum absolute atomic E-state index is 12.1. The third-order valence-electron chi connectivity index (χ3n) is 3.19. The van der Waals surface area contributed by atoms with Crippen molar-refractivity contribution in [3.63, 3.8) is 0 Å². The van der Waals surface area contributed by atoms with E-state index in [2.05, 4.69) is 34.2 Å². The van der Waals surface area contributed by atoms with Crippen LogP contribution in [0.15, 0.2) is 29.6 Å². The highest BCUT2D eigenvalue weighted by Gasteiger charge is 2.30. The molecule has 142 valence electrons. The Morgan fingerprint density at radius 1 is 1.27 bits per heavy atom. The van der Waals surface area contributed by atoms with E-state index < -0.39 is 12.4 Å². The van der Waals surface area contributed by atoms with Crippen LogP contribution in [0, 0.1) is 5.92 Å². The van der Waals surface area contributed by atoms with Crippen molar-refractivity contribution in [1.82, 2.24) is 4.98 Å². The first-order valence-electron chi connectivity index (χ1n) is 7.77. The average Bonchev–Trinajstić information content (AvgIpc) is 2.95. The Labute approximate surface area is 152 Å². The summed E-state index contributed by atoms with van der Waals surface area (Å²) in [6, 6.07) is 4.04. The number of urea groups is 1. The van der Waals surface area contributed by atoms with Crippen molar-refractivity contribution in [2.45, 2.75) is 32.7 Å². The number of amides is 2. The molecule has 4 N–H and O–H groups in total. The number of halogens is 3. The number of hydrogen-bond donors (Lipinski definition) is 3. The second-order valence-corrected chi connectivity index (χ2v) is 6.82. The van der Waals surface area contributed by atoms with Gasteiger partial charge in [-0.15, -0.1) is 24.5 Å². The Bertz CT molecular complexity index is 732. The Balaban J connectivity index is 1.90. The molecular formula is C16H19F3N4O2S. The quantitative estimate of drug-likeness (QED) is 0.667. The van der Waals surface area contributed by atoms with Crippen molar-refractivity contribution in [3.8, 4) is 5.75 Å². The molecule has 26 heavy (non-hydrogen) atoms. The van der Waals surface area contributed by atoms with E-state index in [-0.39, 0.29) is 11.8 Å². The van der Waals surface area contributed by atoms with Crippen LogP contribution in [-0.2, 0) is 0 Å². The number of nitrogens with one attached hydrogen (secondary N) is 2. The van der Waals surface area contributed by atoms with Gasteiger partial charge in [-0.25, -0.2) is 9.78 Å². The number of nitrogens with zero attached hydrogens (tertiary/aromatic N) is 1. The molecular weight excluding hydrogens is 369 g/mol. The van der Waals surface area contributed by atoms with Crippen molar-refractivity contribution in [3.05, 3.63) is 35.3 Å². The summed E-state index contributed by atoms with van der Waals surface area (Å²) in [7, 11) is 0. The highest BCUT2D eigenvalue weighted by atomic mass is 32.1. The summed E-state index contributed by atoms with van der Waals surface area (Å²) in [5.74, 6) is 0.0582. The molecule has 0 spiro atoms. The number of nitrogens with two attached hydrogens (primary N) is 1. The lowest BCUT2D eigenvalue weighted by Crippen LogP contribution is -2.20. The fraction of sp³-hybridized carbons (Fsp3) is 0.375. The van der Waals surface area contributed by atoms with Crippen molar-refractivity contribution in [1.29, 1.82) is 0 Å². The normalized spacial score (nSPS) is 12.7. The molecule has 10 heteroatoms. The lowest BCUT2D eigenvalue weighted by molar-refractivity contribution is -0.274. The number of benzene rings is 1. The van der Waals surface area contributed by atoms with Crippen LogP contribution in [0.3, 0.4) is 0 Å². The number of anilines is 2. The van der Waals surface area contributed by atoms with Crippen LogP contribution < -0.4 is 21.1 Å². The van der Waals surface area contributed by atoms with E-state index in [4.69, 9.17) is 5.73 Å². The van der Waals surface area contributed by atoms with E-state index in [0.717, 1.165) is 18.6 Å². The zero-order valence-corrected chi connectivity index (χ0v) is 14.9. The van der Waals surface area contributed by atoms with E-state index in [1.807, 2.05) is 0 Å². The Kier molecular flexibility index (Phi) is 6.43. The number of thiazole rings is 1. The molecule has 1 aromatic carbocycles. The zero-order valence-electron chi connectivity index (χ0n) is 14.1. The zero-order chi connectivity index (χ0) is 19.3. The molecule has 2 amide bonds. The Morgan fingerprint density at radius 2 is 1.92 bits per heavy atom. The lowest BCUT2D eigenvalue weighted by Gasteiger charge is -2.11. The highest BCUT2D eigenvalue weighted by Crippen LogP contribution is 2.25. The average molecular weight is 388 g/mol. The third-order valence-corrected chi connectivity index (χ3v) is 3.97. The van der Waals surface area contributed by atoms with Crippen molar-refractivity contribution >= 4 is 28.2 Å². The minimum absolute atomic E-state index is 0.203. The van der Waals surface area contributed by atoms with Gasteiger partial charge < -0.3 is 15.8 Å². The molecule has 0 saturated carbocycles. The standard InChI is InChI=1S/C16H19F3N4O2S/c1-9(2)7-12(20)13-8-26-15(22-13)23-14(24)21-10-3-5-11(6-4-10)25-16(17,18)19/h3-6,8-9,12H,7,20H2,1-2H3,(H2,21,22,23,24). The summed E-state index contributed by atoms with van der Waals surface area (Å²) in [5, 5.41) is 7.23. The molecule has 0 fully saturated rings. The predicted octanol–water partition coefficient (Wildman–Crippen LogP) is 4.73. The smallest absolute Gasteiger partial charge is 0.406 e. The largest absolute Gasteiger partial charge is 0.573 e. The Morgan fingerprint density at radius 3 is 2.50 bits per heavy atom. The minimum atomic E-state index is -4.76. The van der Waals surface area contributed by atoms with Crippen LogP contribution in [0.4, 0.5) is 28.8 Å². The molecule has 0 radical (unpaired) electrons. The van der Waals surface area contributed by atoms with Crippen LogP contribution in [0.5, 0.6) is 5.75 Å². The van der Waals surface area contributed by atoms with Gasteiger partial charge in [-0.1, -0.05) is 13.8 Å². The molecule has 0 aliphatic heterocycles. The maximum atomic E-state index is 12.1. The number of carbonyl (C=O) groups excluding carboxylic acids is 1. The highest BCUT2D eigenvalue weighted by molar-refractivity contribution is 7.13. The number of ether oxygens (including phenoxy) is 1. The van der Waals surface area contributed by atoms with E-state index in [0.29, 0.717) is 22.4 Å². The second kappa shape index (κ2) is 8.37. The van der Waals surface area contributed by atoms with Crippen molar-refractivity contribution in [2.75, 3.05) is 10.6 Å². The number of hydrogen-bond acceptors (Lipinski definition) is 5. The van der Waals surface area contributed by atoms with Gasteiger partial charge in [-0.3, -0.25) is 5.32 Å². The molecule has 2 aromatic rings. The van der Waals surface area contributed by atoms with Gasteiger partial charge in [0, 0.05) is 17.1 Å². The summed E-state index contributed by atoms with van der Waals surface area (Å²) in [6.07, 6.45) is -3.98. The molecule has 0 saturated heterocycles. The summed E-state index contributed by atoms with van der Waals surface area (Å²) < 4.78 is 40.1. The Hall–Kier alpha value is -2.33. The van der Waals surface area contributed by atoms with Crippen LogP contribution in [0.1, 0.15) is 32.0 Å². The first-order chi connectivity index (χ1) is 12.1. The van der Waals surface area contributed by atoms with Gasteiger partial charge in [-0.05, 0) is 36.6 Å². The number of aromatic nitrogens is 1. The van der Waals surface area contributed by atoms with E-state index >= 15 is 0 Å². The summed E-state index contributed by atoms with van der Waals surface area (Å²) in [5.41, 5.74) is 7.06. The number of alkyl halides is 3. The van der Waals surface area contributed by atoms with Crippen molar-refractivity contribution in [2.24, 2.45) is 11.7 Å². The van der Waals surface area contributed by atoms with E-state index in [1.165, 1.54) is 23.5 Å². The maximum Gasteiger partial charge on any atom is 0.573 e. The van der Waals surface area contributed by atoms with Gasteiger partial charge >= 0.3 is 12.4 Å². The van der Waals surface area contributed by atoms with Gasteiger partial charge in [0.05, 0.1) is 5.69 Å². The molecule has 1 aromatic heterocycles. The first-order valence-corrected chi connectivity index (χ1v) is 8.65. The van der Waals surface area contributed by atoms with Crippen LogP contribution >= 0.6 is 11.3 Å². The molecule has 6 nitrogen and oxygen atoms in total. The number of rotatable bonds is 6. The molecule has 2 rings (SSSR count). The van der Waals surface area contributed by atoms with E-state index in [9.17, 15) is 18.0 Å². The van der Waals surface area contributed by atoms with Gasteiger partial charge in [0.2, 0.25) is 0 Å². The molecule has 1 unspecified atom stereocenters. The van der Waals surface area contributed by atoms with Gasteiger partial charge in [0.1, 0.15) is 5.75 Å². The lowest BCUT2D eigenvalue weighted by atomic mass is 10.0. The van der Waals surface area contributed by atoms with Crippen LogP contribution in [-0.4, -0.2) is 17.4 Å².